The van der Waals surface area contributed by atoms with E-state index in [9.17, 15) is 0 Å². The fraction of sp³-hybridized carbons (Fsp3) is 0.333. The molecule has 0 atom stereocenters. The maximum Gasteiger partial charge on any atom is 0.214 e. The SMILES string of the molecule is COc1cccc(NCCCn2ccnc2)n1. The van der Waals surface area contributed by atoms with Crippen LogP contribution in [0, 0.1) is 0 Å². The van der Waals surface area contributed by atoms with E-state index in [2.05, 4.69) is 19.9 Å². The van der Waals surface area contributed by atoms with Gasteiger partial charge in [0.2, 0.25) is 5.88 Å². The van der Waals surface area contributed by atoms with Crippen LogP contribution in [-0.4, -0.2) is 28.2 Å². The first-order valence-corrected chi connectivity index (χ1v) is 5.59. The molecule has 2 aromatic rings. The molecule has 0 aliphatic rings. The van der Waals surface area contributed by atoms with E-state index in [4.69, 9.17) is 4.74 Å². The first-order valence-electron chi connectivity index (χ1n) is 5.59. The summed E-state index contributed by atoms with van der Waals surface area (Å²) in [6.45, 7) is 1.83. The lowest BCUT2D eigenvalue weighted by molar-refractivity contribution is 0.398. The quantitative estimate of drug-likeness (QED) is 0.771. The third-order valence-corrected chi connectivity index (χ3v) is 2.39. The summed E-state index contributed by atoms with van der Waals surface area (Å²) in [5.41, 5.74) is 0. The monoisotopic (exact) mass is 232 g/mol. The second kappa shape index (κ2) is 5.89. The molecule has 0 radical (unpaired) electrons. The molecule has 0 amide bonds. The maximum absolute atomic E-state index is 5.06. The molecule has 0 bridgehead atoms. The fourth-order valence-electron chi connectivity index (χ4n) is 1.52. The molecule has 0 spiro atoms. The maximum atomic E-state index is 5.06. The van der Waals surface area contributed by atoms with Crippen molar-refractivity contribution in [1.82, 2.24) is 14.5 Å². The zero-order valence-corrected chi connectivity index (χ0v) is 9.84. The Morgan fingerprint density at radius 3 is 3.12 bits per heavy atom. The third kappa shape index (κ3) is 3.48. The summed E-state index contributed by atoms with van der Waals surface area (Å²) in [5, 5.41) is 3.26. The molecule has 5 nitrogen and oxygen atoms in total. The fourth-order valence-corrected chi connectivity index (χ4v) is 1.52. The van der Waals surface area contributed by atoms with Crippen LogP contribution < -0.4 is 10.1 Å². The van der Waals surface area contributed by atoms with Gasteiger partial charge in [0.1, 0.15) is 5.82 Å². The van der Waals surface area contributed by atoms with Crippen molar-refractivity contribution in [3.05, 3.63) is 36.9 Å². The Balaban J connectivity index is 1.74. The van der Waals surface area contributed by atoms with Gasteiger partial charge in [-0.15, -0.1) is 0 Å². The number of nitrogens with one attached hydrogen (secondary N) is 1. The number of ether oxygens (including phenoxy) is 1. The lowest BCUT2D eigenvalue weighted by Gasteiger charge is -2.07. The summed E-state index contributed by atoms with van der Waals surface area (Å²) in [7, 11) is 1.62. The van der Waals surface area contributed by atoms with Crippen LogP contribution in [0.15, 0.2) is 36.9 Å². The number of imidazole rings is 1. The van der Waals surface area contributed by atoms with Crippen LogP contribution in [0.5, 0.6) is 5.88 Å². The minimum atomic E-state index is 0.629. The molecule has 5 heteroatoms. The van der Waals surface area contributed by atoms with Gasteiger partial charge >= 0.3 is 0 Å². The number of nitrogens with zero attached hydrogens (tertiary/aromatic N) is 3. The zero-order valence-electron chi connectivity index (χ0n) is 9.84. The van der Waals surface area contributed by atoms with Crippen molar-refractivity contribution in [3.8, 4) is 5.88 Å². The van der Waals surface area contributed by atoms with Crippen LogP contribution in [-0.2, 0) is 6.54 Å². The minimum absolute atomic E-state index is 0.629. The molecule has 0 aliphatic heterocycles. The molecule has 0 saturated carbocycles. The van der Waals surface area contributed by atoms with Crippen molar-refractivity contribution in [3.63, 3.8) is 0 Å². The molecular weight excluding hydrogens is 216 g/mol. The molecule has 2 heterocycles. The summed E-state index contributed by atoms with van der Waals surface area (Å²) in [6.07, 6.45) is 6.60. The van der Waals surface area contributed by atoms with Gasteiger partial charge in [-0.05, 0) is 12.5 Å². The summed E-state index contributed by atoms with van der Waals surface area (Å²) in [4.78, 5) is 8.27. The van der Waals surface area contributed by atoms with E-state index in [1.54, 1.807) is 13.3 Å². The van der Waals surface area contributed by atoms with Crippen molar-refractivity contribution in [2.24, 2.45) is 0 Å². The standard InChI is InChI=1S/C12H16N4O/c1-17-12-5-2-4-11(15-12)14-6-3-8-16-9-7-13-10-16/h2,4-5,7,9-10H,3,6,8H2,1H3,(H,14,15). The van der Waals surface area contributed by atoms with Crippen molar-refractivity contribution in [2.75, 3.05) is 19.0 Å². The number of aromatic nitrogens is 3. The van der Waals surface area contributed by atoms with E-state index < -0.39 is 0 Å². The van der Waals surface area contributed by atoms with Crippen LogP contribution in [0.3, 0.4) is 0 Å². The molecule has 0 aromatic carbocycles. The Hall–Kier alpha value is -2.04. The number of hydrogen-bond acceptors (Lipinski definition) is 4. The predicted octanol–water partition coefficient (Wildman–Crippen LogP) is 1.79. The highest BCUT2D eigenvalue weighted by Gasteiger charge is 1.96. The lowest BCUT2D eigenvalue weighted by Crippen LogP contribution is -2.07. The highest BCUT2D eigenvalue weighted by molar-refractivity contribution is 5.36. The van der Waals surface area contributed by atoms with Crippen LogP contribution in [0.1, 0.15) is 6.42 Å². The topological polar surface area (TPSA) is 52.0 Å². The van der Waals surface area contributed by atoms with Crippen LogP contribution in [0.4, 0.5) is 5.82 Å². The Morgan fingerprint density at radius 1 is 1.41 bits per heavy atom. The summed E-state index contributed by atoms with van der Waals surface area (Å²) < 4.78 is 7.11. The highest BCUT2D eigenvalue weighted by atomic mass is 16.5. The van der Waals surface area contributed by atoms with E-state index in [1.165, 1.54) is 0 Å². The van der Waals surface area contributed by atoms with Gasteiger partial charge in [-0.2, -0.15) is 4.98 Å². The molecule has 1 N–H and O–H groups in total. The molecule has 0 fully saturated rings. The number of anilines is 1. The van der Waals surface area contributed by atoms with E-state index in [0.29, 0.717) is 5.88 Å². The molecule has 90 valence electrons. The van der Waals surface area contributed by atoms with Gasteiger partial charge in [0.05, 0.1) is 13.4 Å². The first kappa shape index (κ1) is 11.4. The molecular formula is C12H16N4O. The Labute approximate surface area is 100 Å². The molecule has 2 aromatic heterocycles. The van der Waals surface area contributed by atoms with Gasteiger partial charge in [-0.3, -0.25) is 0 Å². The first-order chi connectivity index (χ1) is 8.38. The Kier molecular flexibility index (Phi) is 3.96. The molecule has 0 unspecified atom stereocenters. The highest BCUT2D eigenvalue weighted by Crippen LogP contribution is 2.10. The molecule has 0 saturated heterocycles. The molecule has 17 heavy (non-hydrogen) atoms. The third-order valence-electron chi connectivity index (χ3n) is 2.39. The summed E-state index contributed by atoms with van der Waals surface area (Å²) in [5.74, 6) is 1.47. The number of pyridine rings is 1. The van der Waals surface area contributed by atoms with Gasteiger partial charge in [-0.25, -0.2) is 4.98 Å². The van der Waals surface area contributed by atoms with Gasteiger partial charge < -0.3 is 14.6 Å². The normalized spacial score (nSPS) is 10.2. The average Bonchev–Trinajstić information content (AvgIpc) is 2.88. The van der Waals surface area contributed by atoms with E-state index >= 15 is 0 Å². The van der Waals surface area contributed by atoms with Gasteiger partial charge in [0, 0.05) is 31.5 Å². The van der Waals surface area contributed by atoms with Crippen molar-refractivity contribution in [2.45, 2.75) is 13.0 Å². The summed E-state index contributed by atoms with van der Waals surface area (Å²) >= 11 is 0. The van der Waals surface area contributed by atoms with Crippen LogP contribution in [0.2, 0.25) is 0 Å². The van der Waals surface area contributed by atoms with E-state index in [1.807, 2.05) is 30.7 Å². The Morgan fingerprint density at radius 2 is 2.35 bits per heavy atom. The van der Waals surface area contributed by atoms with Crippen LogP contribution in [0.25, 0.3) is 0 Å². The number of hydrogen-bond donors (Lipinski definition) is 1. The van der Waals surface area contributed by atoms with E-state index in [0.717, 1.165) is 25.3 Å². The van der Waals surface area contributed by atoms with Crippen molar-refractivity contribution in [1.29, 1.82) is 0 Å². The average molecular weight is 232 g/mol. The number of methoxy groups -OCH3 is 1. The van der Waals surface area contributed by atoms with Crippen LogP contribution >= 0.6 is 0 Å². The number of rotatable bonds is 6. The predicted molar refractivity (Wildman–Crippen MR) is 66.1 cm³/mol. The number of aryl methyl sites for hydroxylation is 1. The second-order valence-electron chi connectivity index (χ2n) is 3.65. The van der Waals surface area contributed by atoms with Crippen molar-refractivity contribution >= 4 is 5.82 Å². The smallest absolute Gasteiger partial charge is 0.214 e. The minimum Gasteiger partial charge on any atom is -0.481 e. The van der Waals surface area contributed by atoms with Gasteiger partial charge in [-0.1, -0.05) is 6.07 Å². The van der Waals surface area contributed by atoms with Crippen molar-refractivity contribution < 1.29 is 4.74 Å². The zero-order chi connectivity index (χ0) is 11.9. The summed E-state index contributed by atoms with van der Waals surface area (Å²) in [6, 6.07) is 5.68. The second-order valence-corrected chi connectivity index (χ2v) is 3.65. The lowest BCUT2D eigenvalue weighted by atomic mass is 10.4. The van der Waals surface area contributed by atoms with Gasteiger partial charge in [0.25, 0.3) is 0 Å². The van der Waals surface area contributed by atoms with Gasteiger partial charge in [0.15, 0.2) is 0 Å². The largest absolute Gasteiger partial charge is 0.481 e. The Bertz CT molecular complexity index is 442. The molecule has 0 aliphatic carbocycles. The van der Waals surface area contributed by atoms with E-state index in [-0.39, 0.29) is 0 Å². The molecule has 2 rings (SSSR count).